The molecule has 1 heterocycles. The van der Waals surface area contributed by atoms with Gasteiger partial charge in [-0.3, -0.25) is 4.79 Å². The highest BCUT2D eigenvalue weighted by Gasteiger charge is 2.51. The number of amides is 1. The van der Waals surface area contributed by atoms with E-state index in [1.807, 2.05) is 17.9 Å². The van der Waals surface area contributed by atoms with Crippen LogP contribution in [-0.4, -0.2) is 41.7 Å². The number of ether oxygens (including phenoxy) is 1. The summed E-state index contributed by atoms with van der Waals surface area (Å²) < 4.78 is 5.41. The molecule has 142 valence electrons. The molecule has 4 nitrogen and oxygen atoms in total. The van der Waals surface area contributed by atoms with E-state index in [1.165, 1.54) is 36.8 Å². The summed E-state index contributed by atoms with van der Waals surface area (Å²) in [6.07, 6.45) is 6.09. The summed E-state index contributed by atoms with van der Waals surface area (Å²) in [4.78, 5) is 14.6. The number of aliphatic hydroxyl groups is 1. The van der Waals surface area contributed by atoms with Gasteiger partial charge < -0.3 is 14.7 Å². The Morgan fingerprint density at radius 1 is 1.23 bits per heavy atom. The van der Waals surface area contributed by atoms with Crippen molar-refractivity contribution in [2.24, 2.45) is 11.3 Å². The van der Waals surface area contributed by atoms with Gasteiger partial charge in [0.1, 0.15) is 5.75 Å². The second-order valence-corrected chi connectivity index (χ2v) is 9.29. The predicted octanol–water partition coefficient (Wildman–Crippen LogP) is 3.65. The van der Waals surface area contributed by atoms with Crippen molar-refractivity contribution in [2.45, 2.75) is 63.9 Å². The number of nitrogens with zero attached hydrogens (tertiary/aromatic N) is 1. The minimum absolute atomic E-state index is 0.0538. The fraction of sp³-hybridized carbons (Fsp3) is 0.682. The molecule has 4 heteroatoms. The first-order chi connectivity index (χ1) is 12.3. The Bertz CT molecular complexity index is 687. The normalized spacial score (nSPS) is 30.6. The molecule has 0 atom stereocenters. The molecule has 1 aromatic rings. The van der Waals surface area contributed by atoms with Gasteiger partial charge >= 0.3 is 0 Å². The van der Waals surface area contributed by atoms with Crippen molar-refractivity contribution in [3.8, 4) is 5.75 Å². The van der Waals surface area contributed by atoms with E-state index in [0.29, 0.717) is 24.2 Å². The number of benzene rings is 1. The number of likely N-dealkylation sites (tertiary alicyclic amines) is 1. The number of carbonyl (C=O) groups is 1. The number of carbonyl (C=O) groups excluding carboxylic acids is 1. The summed E-state index contributed by atoms with van der Waals surface area (Å²) in [5, 5.41) is 9.86. The van der Waals surface area contributed by atoms with Gasteiger partial charge in [-0.25, -0.2) is 0 Å². The van der Waals surface area contributed by atoms with Crippen molar-refractivity contribution in [1.29, 1.82) is 0 Å². The number of methoxy groups -OCH3 is 1. The van der Waals surface area contributed by atoms with E-state index in [0.717, 1.165) is 18.8 Å². The Labute approximate surface area is 156 Å². The van der Waals surface area contributed by atoms with Crippen LogP contribution >= 0.6 is 0 Å². The van der Waals surface area contributed by atoms with Gasteiger partial charge in [-0.15, -0.1) is 0 Å². The Morgan fingerprint density at radius 2 is 1.88 bits per heavy atom. The summed E-state index contributed by atoms with van der Waals surface area (Å²) in [6, 6.07) is 6.41. The maximum Gasteiger partial charge on any atom is 0.225 e. The van der Waals surface area contributed by atoms with Crippen LogP contribution in [0.1, 0.15) is 62.5 Å². The molecule has 3 aliphatic rings. The highest BCUT2D eigenvalue weighted by atomic mass is 16.5. The van der Waals surface area contributed by atoms with E-state index in [1.54, 1.807) is 7.11 Å². The van der Waals surface area contributed by atoms with Gasteiger partial charge in [-0.1, -0.05) is 6.07 Å². The first-order valence-electron chi connectivity index (χ1n) is 9.97. The fourth-order valence-corrected chi connectivity index (χ4v) is 5.40. The van der Waals surface area contributed by atoms with Gasteiger partial charge in [0.05, 0.1) is 12.7 Å². The zero-order chi connectivity index (χ0) is 18.5. The number of hydrogen-bond acceptors (Lipinski definition) is 3. The van der Waals surface area contributed by atoms with Gasteiger partial charge in [0.15, 0.2) is 0 Å². The summed E-state index contributed by atoms with van der Waals surface area (Å²) >= 11 is 0. The van der Waals surface area contributed by atoms with Gasteiger partial charge in [-0.2, -0.15) is 0 Å². The largest absolute Gasteiger partial charge is 0.497 e. The molecular formula is C22H31NO3. The molecule has 2 saturated carbocycles. The maximum absolute atomic E-state index is 12.5. The Morgan fingerprint density at radius 3 is 2.46 bits per heavy atom. The SMILES string of the molecule is COc1ccc(C)c(C2CCC3(CC2)CN(C(=O)[C@H]2C[C@@](C)(O)C2)C3)c1. The second-order valence-electron chi connectivity index (χ2n) is 9.29. The van der Waals surface area contributed by atoms with Crippen LogP contribution in [0.15, 0.2) is 18.2 Å². The van der Waals surface area contributed by atoms with Crippen LogP contribution in [-0.2, 0) is 4.79 Å². The van der Waals surface area contributed by atoms with Crippen LogP contribution in [0.3, 0.4) is 0 Å². The second kappa shape index (κ2) is 6.26. The van der Waals surface area contributed by atoms with Crippen molar-refractivity contribution in [1.82, 2.24) is 4.90 Å². The monoisotopic (exact) mass is 357 g/mol. The lowest BCUT2D eigenvalue weighted by molar-refractivity contribution is -0.163. The first-order valence-corrected chi connectivity index (χ1v) is 9.97. The summed E-state index contributed by atoms with van der Waals surface area (Å²) in [7, 11) is 1.73. The molecule has 0 unspecified atom stereocenters. The molecule has 1 aliphatic heterocycles. The molecule has 1 spiro atoms. The van der Waals surface area contributed by atoms with Gasteiger partial charge in [-0.05, 0) is 81.5 Å². The average Bonchev–Trinajstić information content (AvgIpc) is 2.57. The molecule has 26 heavy (non-hydrogen) atoms. The van der Waals surface area contributed by atoms with Gasteiger partial charge in [0, 0.05) is 24.4 Å². The van der Waals surface area contributed by atoms with Crippen molar-refractivity contribution in [3.63, 3.8) is 0 Å². The molecule has 1 saturated heterocycles. The molecule has 0 aromatic heterocycles. The number of hydrogen-bond donors (Lipinski definition) is 1. The van der Waals surface area contributed by atoms with E-state index in [-0.39, 0.29) is 11.8 Å². The third kappa shape index (κ3) is 3.13. The Hall–Kier alpha value is -1.55. The van der Waals surface area contributed by atoms with Crippen molar-refractivity contribution < 1.29 is 14.6 Å². The van der Waals surface area contributed by atoms with Crippen LogP contribution in [0, 0.1) is 18.3 Å². The first kappa shape index (κ1) is 17.8. The summed E-state index contributed by atoms with van der Waals surface area (Å²) in [5.74, 6) is 1.89. The molecule has 1 aromatic carbocycles. The summed E-state index contributed by atoms with van der Waals surface area (Å²) in [5.41, 5.74) is 2.53. The average molecular weight is 357 g/mol. The third-order valence-electron chi connectivity index (χ3n) is 7.06. The number of rotatable bonds is 3. The molecule has 0 bridgehead atoms. The topological polar surface area (TPSA) is 49.8 Å². The zero-order valence-corrected chi connectivity index (χ0v) is 16.3. The van der Waals surface area contributed by atoms with Gasteiger partial charge in [0.2, 0.25) is 5.91 Å². The van der Waals surface area contributed by atoms with E-state index < -0.39 is 5.60 Å². The van der Waals surface area contributed by atoms with Crippen LogP contribution < -0.4 is 4.74 Å². The van der Waals surface area contributed by atoms with Crippen molar-refractivity contribution >= 4 is 5.91 Å². The zero-order valence-electron chi connectivity index (χ0n) is 16.3. The van der Waals surface area contributed by atoms with E-state index >= 15 is 0 Å². The Kier molecular flexibility index (Phi) is 4.30. The van der Waals surface area contributed by atoms with Crippen LogP contribution in [0.4, 0.5) is 0 Å². The molecule has 2 aliphatic carbocycles. The molecule has 1 amide bonds. The van der Waals surface area contributed by atoms with E-state index in [9.17, 15) is 9.90 Å². The van der Waals surface area contributed by atoms with Crippen molar-refractivity contribution in [3.05, 3.63) is 29.3 Å². The number of aryl methyl sites for hydroxylation is 1. The van der Waals surface area contributed by atoms with E-state index in [4.69, 9.17) is 4.74 Å². The molecule has 3 fully saturated rings. The third-order valence-corrected chi connectivity index (χ3v) is 7.06. The lowest BCUT2D eigenvalue weighted by Crippen LogP contribution is -2.62. The predicted molar refractivity (Wildman–Crippen MR) is 101 cm³/mol. The minimum atomic E-state index is -0.616. The maximum atomic E-state index is 12.5. The highest BCUT2D eigenvalue weighted by molar-refractivity contribution is 5.81. The van der Waals surface area contributed by atoms with E-state index in [2.05, 4.69) is 19.1 Å². The highest BCUT2D eigenvalue weighted by Crippen LogP contribution is 2.50. The fourth-order valence-electron chi connectivity index (χ4n) is 5.40. The van der Waals surface area contributed by atoms with Crippen LogP contribution in [0.5, 0.6) is 5.75 Å². The smallest absolute Gasteiger partial charge is 0.225 e. The lowest BCUT2D eigenvalue weighted by atomic mass is 9.63. The van der Waals surface area contributed by atoms with Crippen molar-refractivity contribution in [2.75, 3.05) is 20.2 Å². The summed E-state index contributed by atoms with van der Waals surface area (Å²) in [6.45, 7) is 5.87. The quantitative estimate of drug-likeness (QED) is 0.898. The molecule has 1 N–H and O–H groups in total. The van der Waals surface area contributed by atoms with Gasteiger partial charge in [0.25, 0.3) is 0 Å². The molecular weight excluding hydrogens is 326 g/mol. The lowest BCUT2D eigenvalue weighted by Gasteiger charge is -2.55. The van der Waals surface area contributed by atoms with Crippen LogP contribution in [0.25, 0.3) is 0 Å². The molecule has 4 rings (SSSR count). The minimum Gasteiger partial charge on any atom is -0.497 e. The standard InChI is InChI=1S/C22H31NO3/c1-15-4-5-18(26-3)10-19(15)16-6-8-22(9-7-16)13-23(14-22)20(24)17-11-21(2,25)12-17/h4-5,10,16-17,25H,6-9,11-14H2,1-3H3/t17-,21+. The van der Waals surface area contributed by atoms with Crippen LogP contribution in [0.2, 0.25) is 0 Å². The Balaban J connectivity index is 1.32. The molecule has 0 radical (unpaired) electrons.